The van der Waals surface area contributed by atoms with E-state index in [2.05, 4.69) is 35.7 Å². The molecule has 0 fully saturated rings. The van der Waals surface area contributed by atoms with E-state index in [-0.39, 0.29) is 0 Å². The number of sulfonamides is 4. The average molecular weight is 827 g/mol. The van der Waals surface area contributed by atoms with E-state index in [1.54, 1.807) is 0 Å². The van der Waals surface area contributed by atoms with Gasteiger partial charge in [0.2, 0.25) is 0 Å². The lowest BCUT2D eigenvalue weighted by atomic mass is 10.1. The molecule has 1 heterocycles. The lowest BCUT2D eigenvalue weighted by molar-refractivity contribution is -0.0487. The topological polar surface area (TPSA) is 167 Å². The van der Waals surface area contributed by atoms with Crippen molar-refractivity contribution in [1.29, 1.82) is 0 Å². The summed E-state index contributed by atoms with van der Waals surface area (Å²) in [5.74, 6) is 0. The monoisotopic (exact) mass is 826 g/mol. The van der Waals surface area contributed by atoms with Crippen molar-refractivity contribution >= 4 is 40.1 Å². The van der Waals surface area contributed by atoms with Gasteiger partial charge in [-0.2, -0.15) is 52.7 Å². The molecule has 2 N–H and O–H groups in total. The fourth-order valence-electron chi connectivity index (χ4n) is 3.03. The van der Waals surface area contributed by atoms with Crippen LogP contribution in [0.15, 0.2) is 25.2 Å². The molecular formula is C21H34F12N4O8S4. The number of nitrogens with zero attached hydrogens (tertiary/aromatic N) is 2. The number of hydrogen-bond acceptors (Lipinski definition) is 10. The van der Waals surface area contributed by atoms with Crippen molar-refractivity contribution in [3.8, 4) is 0 Å². The van der Waals surface area contributed by atoms with Crippen molar-refractivity contribution in [2.24, 2.45) is 0 Å². The second-order valence-corrected chi connectivity index (χ2v) is 16.8. The van der Waals surface area contributed by atoms with Gasteiger partial charge in [-0.05, 0) is 12.6 Å². The van der Waals surface area contributed by atoms with E-state index < -0.39 is 70.4 Å². The third-order valence-corrected chi connectivity index (χ3v) is 11.5. The molecular weight excluding hydrogens is 792 g/mol. The SMILES string of the molecule is C=CN1C=CN(CCCCCCCCCCCC)C1.O=S(=O)(NS(=O)(=O)C(F)(F)F)C(F)(F)F.O=S(=O)(NS(=O)(=O)C(F)(F)F)C(F)(F)F. The second-order valence-electron chi connectivity index (χ2n) is 9.59. The van der Waals surface area contributed by atoms with Crippen molar-refractivity contribution in [2.45, 2.75) is 93.2 Å². The van der Waals surface area contributed by atoms with Gasteiger partial charge in [-0.15, -0.1) is 0 Å². The molecule has 0 spiro atoms. The first-order chi connectivity index (χ1) is 21.8. The molecule has 0 aromatic rings. The summed E-state index contributed by atoms with van der Waals surface area (Å²) in [4.78, 5) is 4.49. The summed E-state index contributed by atoms with van der Waals surface area (Å²) in [6.45, 7) is 8.24. The molecule has 0 aromatic heterocycles. The molecule has 28 heteroatoms. The van der Waals surface area contributed by atoms with E-state index in [4.69, 9.17) is 0 Å². The van der Waals surface area contributed by atoms with Gasteiger partial charge in [0.05, 0.1) is 6.67 Å². The number of rotatable bonds is 16. The van der Waals surface area contributed by atoms with E-state index in [0.29, 0.717) is 0 Å². The summed E-state index contributed by atoms with van der Waals surface area (Å²) < 4.78 is 217. The largest absolute Gasteiger partial charge is 0.512 e. The Morgan fingerprint density at radius 2 is 0.837 bits per heavy atom. The molecule has 0 aliphatic carbocycles. The third kappa shape index (κ3) is 18.7. The van der Waals surface area contributed by atoms with Crippen molar-refractivity contribution in [3.63, 3.8) is 0 Å². The van der Waals surface area contributed by atoms with E-state index >= 15 is 0 Å². The summed E-state index contributed by atoms with van der Waals surface area (Å²) >= 11 is 0. The molecule has 294 valence electrons. The first-order valence-electron chi connectivity index (χ1n) is 13.4. The highest BCUT2D eigenvalue weighted by molar-refractivity contribution is 8.06. The van der Waals surface area contributed by atoms with Crippen LogP contribution in [0.3, 0.4) is 0 Å². The van der Waals surface area contributed by atoms with Gasteiger partial charge >= 0.3 is 62.1 Å². The molecule has 0 radical (unpaired) electrons. The molecule has 0 saturated heterocycles. The van der Waals surface area contributed by atoms with Crippen LogP contribution < -0.4 is 8.25 Å². The first kappa shape index (κ1) is 49.1. The number of alkyl halides is 12. The van der Waals surface area contributed by atoms with Crippen molar-refractivity contribution < 1.29 is 86.4 Å². The van der Waals surface area contributed by atoms with Crippen molar-refractivity contribution in [3.05, 3.63) is 25.2 Å². The number of halogens is 12. The van der Waals surface area contributed by atoms with Crippen LogP contribution >= 0.6 is 0 Å². The Labute approximate surface area is 275 Å². The first-order valence-corrected chi connectivity index (χ1v) is 19.3. The number of hydrogen-bond donors (Lipinski definition) is 2. The summed E-state index contributed by atoms with van der Waals surface area (Å²) in [5.41, 5.74) is -24.6. The summed E-state index contributed by atoms with van der Waals surface area (Å²) in [7, 11) is -26.4. The van der Waals surface area contributed by atoms with Gasteiger partial charge in [-0.1, -0.05) is 79.5 Å². The predicted octanol–water partition coefficient (Wildman–Crippen LogP) is 5.65. The lowest BCUT2D eigenvalue weighted by Gasteiger charge is -2.18. The molecule has 1 rings (SSSR count). The molecule has 49 heavy (non-hydrogen) atoms. The normalized spacial score (nSPS) is 15.0. The third-order valence-electron chi connectivity index (χ3n) is 5.50. The molecule has 0 amide bonds. The van der Waals surface area contributed by atoms with Crippen LogP contribution in [0.4, 0.5) is 52.7 Å². The van der Waals surface area contributed by atoms with E-state index in [1.165, 1.54) is 70.8 Å². The van der Waals surface area contributed by atoms with Gasteiger partial charge in [0.15, 0.2) is 0 Å². The zero-order chi connectivity index (χ0) is 39.2. The minimum atomic E-state index is -6.60. The Bertz CT molecular complexity index is 1310. The highest BCUT2D eigenvalue weighted by Gasteiger charge is 2.56. The fourth-order valence-corrected chi connectivity index (χ4v) is 6.85. The molecule has 12 nitrogen and oxygen atoms in total. The standard InChI is InChI=1S/C17H32N2.2C2HF6NO4S2/c1-3-5-6-7-8-9-10-11-12-13-14-19-16-15-18(4-2)17-19;2*3-1(4,5)14(10,11)9-15(12,13)2(6,7)8/h4,15-16H,2-3,5-14,17H2,1H3;2*9H. The van der Waals surface area contributed by atoms with E-state index in [0.717, 1.165) is 6.67 Å². The van der Waals surface area contributed by atoms with Gasteiger partial charge in [0, 0.05) is 18.9 Å². The Morgan fingerprint density at radius 1 is 0.551 bits per heavy atom. The van der Waals surface area contributed by atoms with Crippen LogP contribution in [0.2, 0.25) is 0 Å². The highest BCUT2D eigenvalue weighted by atomic mass is 32.3. The Kier molecular flexibility index (Phi) is 19.6. The lowest BCUT2D eigenvalue weighted by Crippen LogP contribution is -2.45. The molecule has 0 saturated carbocycles. The predicted molar refractivity (Wildman–Crippen MR) is 151 cm³/mol. The van der Waals surface area contributed by atoms with Gasteiger partial charge < -0.3 is 9.80 Å². The number of unbranched alkanes of at least 4 members (excludes halogenated alkanes) is 9. The summed E-state index contributed by atoms with van der Waals surface area (Å²) in [5, 5.41) is 0. The molecule has 0 aromatic carbocycles. The second kappa shape index (κ2) is 19.5. The van der Waals surface area contributed by atoms with Crippen molar-refractivity contribution in [1.82, 2.24) is 18.1 Å². The van der Waals surface area contributed by atoms with Gasteiger partial charge in [-0.3, -0.25) is 0 Å². The smallest absolute Gasteiger partial charge is 0.358 e. The quantitative estimate of drug-likeness (QED) is 0.147. The van der Waals surface area contributed by atoms with E-state index in [9.17, 15) is 86.4 Å². The minimum Gasteiger partial charge on any atom is -0.358 e. The zero-order valence-electron chi connectivity index (χ0n) is 25.3. The highest BCUT2D eigenvalue weighted by Crippen LogP contribution is 2.28. The zero-order valence-corrected chi connectivity index (χ0v) is 28.5. The van der Waals surface area contributed by atoms with Crippen LogP contribution in [0, 0.1) is 0 Å². The summed E-state index contributed by atoms with van der Waals surface area (Å²) in [6, 6.07) is 0. The molecule has 0 bridgehead atoms. The molecule has 1 aliphatic heterocycles. The van der Waals surface area contributed by atoms with Crippen LogP contribution in [0.25, 0.3) is 0 Å². The van der Waals surface area contributed by atoms with Crippen LogP contribution in [0.1, 0.15) is 71.1 Å². The Hall–Kier alpha value is -2.04. The average Bonchev–Trinajstić information content (AvgIpc) is 3.35. The van der Waals surface area contributed by atoms with E-state index in [1.807, 2.05) is 6.20 Å². The Balaban J connectivity index is 0. The van der Waals surface area contributed by atoms with Crippen LogP contribution in [0.5, 0.6) is 0 Å². The number of nitrogens with one attached hydrogen (secondary N) is 2. The van der Waals surface area contributed by atoms with Gasteiger partial charge in [-0.25, -0.2) is 33.7 Å². The molecule has 1 aliphatic rings. The van der Waals surface area contributed by atoms with Crippen molar-refractivity contribution in [2.75, 3.05) is 13.2 Å². The Morgan fingerprint density at radius 3 is 1.08 bits per heavy atom. The molecule has 0 unspecified atom stereocenters. The minimum absolute atomic E-state index is 0.493. The molecule has 0 atom stereocenters. The van der Waals surface area contributed by atoms with Gasteiger partial charge in [0.25, 0.3) is 0 Å². The maximum Gasteiger partial charge on any atom is 0.512 e. The van der Waals surface area contributed by atoms with Gasteiger partial charge in [0.1, 0.15) is 0 Å². The fraction of sp³-hybridized carbons (Fsp3) is 0.810. The van der Waals surface area contributed by atoms with Crippen LogP contribution in [-0.2, 0) is 40.1 Å². The maximum absolute atomic E-state index is 11.5. The maximum atomic E-state index is 11.5. The van der Waals surface area contributed by atoms with Crippen LogP contribution in [-0.4, -0.2) is 78.7 Å². The summed E-state index contributed by atoms with van der Waals surface area (Å²) in [6.07, 6.45) is 20.3.